The van der Waals surface area contributed by atoms with Crippen LogP contribution in [-0.2, 0) is 14.4 Å². The highest BCUT2D eigenvalue weighted by atomic mass is 35.5. The highest BCUT2D eigenvalue weighted by Gasteiger charge is 2.45. The number of unbranched alkanes of at least 4 members (excludes halogenated alkanes) is 12. The Morgan fingerprint density at radius 1 is 0.680 bits per heavy atom. The number of hydroxylamine groups is 2. The van der Waals surface area contributed by atoms with Crippen molar-refractivity contribution < 1.29 is 23.6 Å². The van der Waals surface area contributed by atoms with E-state index in [9.17, 15) is 14.4 Å². The first-order chi connectivity index (χ1) is 36.8. The molecule has 2 fully saturated rings. The van der Waals surface area contributed by atoms with Gasteiger partial charge in [0.2, 0.25) is 11.8 Å². The van der Waals surface area contributed by atoms with Crippen LogP contribution in [0.2, 0.25) is 5.02 Å². The number of halogens is 2. The summed E-state index contributed by atoms with van der Waals surface area (Å²) in [6.07, 6.45) is 22.5. The first kappa shape index (κ1) is 59.7. The molecule has 6 aromatic rings. The van der Waals surface area contributed by atoms with E-state index >= 15 is 0 Å². The number of ether oxygens (including phenoxy) is 1. The molecule has 2 saturated heterocycles. The molecule has 2 aliphatic heterocycles. The average Bonchev–Trinajstić information content (AvgIpc) is 4.06. The number of nitrogens with zero attached hydrogens (tertiary/aromatic N) is 2. The molecule has 0 bridgehead atoms. The third kappa shape index (κ3) is 20.1. The van der Waals surface area contributed by atoms with Gasteiger partial charge in [-0.15, -0.1) is 11.6 Å². The molecule has 0 radical (unpaired) electrons. The van der Waals surface area contributed by atoms with Crippen LogP contribution in [0.1, 0.15) is 122 Å². The van der Waals surface area contributed by atoms with Crippen molar-refractivity contribution in [2.45, 2.75) is 122 Å². The van der Waals surface area contributed by atoms with Gasteiger partial charge in [0.05, 0.1) is 29.7 Å². The molecule has 1 N–H and O–H groups in total. The minimum Gasteiger partial charge on any atom is -0.491 e. The van der Waals surface area contributed by atoms with Crippen molar-refractivity contribution in [3.8, 4) is 16.9 Å². The number of carbonyl (C=O) groups excluding carboxylic acids is 2. The molecule has 75 heavy (non-hydrogen) atoms. The fraction of sp³-hybridized carbons (Fsp3) is 0.452. The summed E-state index contributed by atoms with van der Waals surface area (Å²) >= 11 is 11.4. The minimum absolute atomic E-state index is 0.0213. The Hall–Kier alpha value is -4.59. The van der Waals surface area contributed by atoms with E-state index in [1.165, 1.54) is 95.2 Å². The van der Waals surface area contributed by atoms with Gasteiger partial charge >= 0.3 is 5.63 Å². The first-order valence-electron chi connectivity index (χ1n) is 27.4. The Labute approximate surface area is 459 Å². The molecule has 13 heteroatoms. The van der Waals surface area contributed by atoms with Crippen LogP contribution in [0.4, 0.5) is 5.69 Å². The lowest BCUT2D eigenvalue weighted by molar-refractivity contribution is -0.154. The van der Waals surface area contributed by atoms with Crippen molar-refractivity contribution in [2.75, 3.05) is 57.3 Å². The predicted octanol–water partition coefficient (Wildman–Crippen LogP) is 15.5. The van der Waals surface area contributed by atoms with Gasteiger partial charge in [0.25, 0.3) is 0 Å². The van der Waals surface area contributed by atoms with Gasteiger partial charge in [-0.2, -0.15) is 5.06 Å². The molecular formula is C62H80Cl2N3O6P2+. The SMILES string of the molecule is CCCCCCCCCCCCCC(=O)Nc1ccc(-c2cc(=O)oc3cc(OCCON4CCC5(CCN(C(=O)CCCCC[PH+](c6ccccc6)c6ccccc6)C5)C4)ccc23)c(Cl)c1.CCl.c1ccpcc1. The number of alkyl halides is 1. The standard InChI is InChI=1S/C56H71ClN3O6P.C5H5P.CH3Cl/c1-2-3-4-5-6-7-8-9-10-11-19-26-53(61)58-44-28-30-48(51(57)39-44)50-41-55(63)66-52-40-45(29-31-49(50)52)64-36-37-65-60-35-33-56(43-60)32-34-59(42-56)54(62)27-20-14-21-38-67(46-22-15-12-16-23-46)47-24-17-13-18-25-47;1-2-4-6-5-3-1;1-2/h12-13,15-18,22-25,28-31,39-41H,2-11,14,19-21,26-27,32-38,42-43H2,1H3,(H,58,61);1-5H;1H3/p+1. The third-order valence-corrected chi connectivity index (χ3v) is 18.1. The Morgan fingerprint density at radius 3 is 1.95 bits per heavy atom. The van der Waals surface area contributed by atoms with Gasteiger partial charge in [-0.05, 0) is 98.7 Å². The van der Waals surface area contributed by atoms with Crippen molar-refractivity contribution in [2.24, 2.45) is 5.41 Å². The van der Waals surface area contributed by atoms with Crippen LogP contribution in [0.25, 0.3) is 22.1 Å². The van der Waals surface area contributed by atoms with Crippen LogP contribution in [0.15, 0.2) is 142 Å². The Morgan fingerprint density at radius 2 is 1.31 bits per heavy atom. The largest absolute Gasteiger partial charge is 0.491 e. The van der Waals surface area contributed by atoms with Crippen LogP contribution >= 0.6 is 39.3 Å². The van der Waals surface area contributed by atoms with E-state index < -0.39 is 13.5 Å². The van der Waals surface area contributed by atoms with Gasteiger partial charge < -0.3 is 19.4 Å². The number of fused-ring (bicyclic) bond motifs is 1. The number of amides is 2. The fourth-order valence-electron chi connectivity index (χ4n) is 10.2. The van der Waals surface area contributed by atoms with E-state index in [4.69, 9.17) is 25.6 Å². The molecule has 0 saturated carbocycles. The molecule has 2 aromatic heterocycles. The minimum atomic E-state index is -0.834. The molecule has 9 nitrogen and oxygen atoms in total. The van der Waals surface area contributed by atoms with E-state index in [-0.39, 0.29) is 17.2 Å². The summed E-state index contributed by atoms with van der Waals surface area (Å²) in [5.41, 5.74) is 1.92. The number of hydrogen-bond donors (Lipinski definition) is 1. The summed E-state index contributed by atoms with van der Waals surface area (Å²) in [6, 6.07) is 40.2. The number of rotatable bonds is 27. The summed E-state index contributed by atoms with van der Waals surface area (Å²) in [5, 5.41) is 9.07. The van der Waals surface area contributed by atoms with Crippen molar-refractivity contribution in [3.05, 3.63) is 148 Å². The maximum Gasteiger partial charge on any atom is 0.336 e. The molecule has 0 aliphatic carbocycles. The first-order valence-corrected chi connectivity index (χ1v) is 31.3. The molecule has 1 spiro atoms. The van der Waals surface area contributed by atoms with Gasteiger partial charge in [-0.25, -0.2) is 4.79 Å². The van der Waals surface area contributed by atoms with E-state index in [1.54, 1.807) is 12.1 Å². The van der Waals surface area contributed by atoms with Crippen LogP contribution in [0, 0.1) is 5.41 Å². The molecule has 2 amide bonds. The van der Waals surface area contributed by atoms with E-state index in [0.717, 1.165) is 76.5 Å². The van der Waals surface area contributed by atoms with E-state index in [0.29, 0.717) is 59.2 Å². The van der Waals surface area contributed by atoms with Gasteiger partial charge in [0.1, 0.15) is 24.5 Å². The quantitative estimate of drug-likeness (QED) is 0.0237. The molecule has 1 unspecified atom stereocenters. The zero-order valence-corrected chi connectivity index (χ0v) is 47.8. The van der Waals surface area contributed by atoms with Crippen LogP contribution < -0.4 is 26.3 Å². The van der Waals surface area contributed by atoms with Gasteiger partial charge in [-0.1, -0.05) is 152 Å². The number of anilines is 1. The maximum absolute atomic E-state index is 13.3. The van der Waals surface area contributed by atoms with Gasteiger partial charge in [-0.3, -0.25) is 14.4 Å². The predicted molar refractivity (Wildman–Crippen MR) is 318 cm³/mol. The molecule has 2 aliphatic rings. The summed E-state index contributed by atoms with van der Waals surface area (Å²) in [4.78, 5) is 47.0. The van der Waals surface area contributed by atoms with Crippen molar-refractivity contribution in [1.29, 1.82) is 0 Å². The lowest BCUT2D eigenvalue weighted by Crippen LogP contribution is -2.34. The van der Waals surface area contributed by atoms with E-state index in [2.05, 4.69) is 101 Å². The lowest BCUT2D eigenvalue weighted by Gasteiger charge is -2.24. The molecule has 4 heterocycles. The summed E-state index contributed by atoms with van der Waals surface area (Å²) < 4.78 is 11.7. The van der Waals surface area contributed by atoms with Crippen LogP contribution in [-0.4, -0.2) is 73.7 Å². The summed E-state index contributed by atoms with van der Waals surface area (Å²) in [6.45, 7) is 6.19. The monoisotopic (exact) mass is 1090 g/mol. The zero-order chi connectivity index (χ0) is 52.9. The van der Waals surface area contributed by atoms with Crippen molar-refractivity contribution in [3.63, 3.8) is 0 Å². The Balaban J connectivity index is 0.00000105. The number of hydrogen-bond acceptors (Lipinski definition) is 7. The Bertz CT molecular complexity index is 2580. The maximum atomic E-state index is 13.3. The molecule has 8 rings (SSSR count). The number of nitrogens with one attached hydrogen (secondary N) is 1. The van der Waals surface area contributed by atoms with Crippen LogP contribution in [0.3, 0.4) is 0 Å². The smallest absolute Gasteiger partial charge is 0.336 e. The highest BCUT2D eigenvalue weighted by Crippen LogP contribution is 2.41. The van der Waals surface area contributed by atoms with Gasteiger partial charge in [0, 0.05) is 85.2 Å². The second-order valence-electron chi connectivity index (χ2n) is 19.8. The lowest BCUT2D eigenvalue weighted by atomic mass is 9.86. The Kier molecular flexibility index (Phi) is 26.7. The number of benzene rings is 4. The highest BCUT2D eigenvalue weighted by molar-refractivity contribution is 7.73. The van der Waals surface area contributed by atoms with Gasteiger partial charge in [0.15, 0.2) is 0 Å². The molecule has 4 aromatic carbocycles. The summed E-state index contributed by atoms with van der Waals surface area (Å²) in [7, 11) is 0.472. The zero-order valence-electron chi connectivity index (χ0n) is 44.4. The number of likely N-dealkylation sites (tertiary alicyclic amines) is 1. The second-order valence-corrected chi connectivity index (χ2v) is 23.7. The second kappa shape index (κ2) is 33.5. The fourth-order valence-corrected chi connectivity index (χ4v) is 13.7. The van der Waals surface area contributed by atoms with Crippen molar-refractivity contribution in [1.82, 2.24) is 9.96 Å². The topological polar surface area (TPSA) is 101 Å². The van der Waals surface area contributed by atoms with E-state index in [1.807, 2.05) is 47.5 Å². The van der Waals surface area contributed by atoms with Crippen LogP contribution in [0.5, 0.6) is 5.75 Å². The average molecular weight is 1100 g/mol. The molecule has 1 atom stereocenters. The summed E-state index contributed by atoms with van der Waals surface area (Å²) in [5.74, 6) is 5.02. The molecule has 402 valence electrons. The normalized spacial score (nSPS) is 15.1. The molecular weight excluding hydrogens is 1020 g/mol. The van der Waals surface area contributed by atoms with Crippen molar-refractivity contribution >= 4 is 78.4 Å². The number of carbonyl (C=O) groups is 2. The third-order valence-electron chi connectivity index (χ3n) is 14.2.